The van der Waals surface area contributed by atoms with Gasteiger partial charge in [0.1, 0.15) is 0 Å². The van der Waals surface area contributed by atoms with E-state index in [1.54, 1.807) is 18.2 Å². The molecular weight excluding hydrogens is 407 g/mol. The third-order valence-corrected chi connectivity index (χ3v) is 4.52. The highest BCUT2D eigenvalue weighted by atomic mass is 35.5. The van der Waals surface area contributed by atoms with Crippen molar-refractivity contribution in [1.82, 2.24) is 0 Å². The van der Waals surface area contributed by atoms with Gasteiger partial charge in [-0.15, -0.1) is 0 Å². The van der Waals surface area contributed by atoms with Crippen LogP contribution >= 0.6 is 11.6 Å². The molecule has 1 unspecified atom stereocenters. The Balaban J connectivity index is 1.71. The summed E-state index contributed by atoms with van der Waals surface area (Å²) in [6, 6.07) is 14.9. The van der Waals surface area contributed by atoms with Crippen molar-refractivity contribution in [2.45, 2.75) is 19.2 Å². The van der Waals surface area contributed by atoms with E-state index < -0.39 is 29.7 Å². The van der Waals surface area contributed by atoms with E-state index in [0.29, 0.717) is 0 Å². The lowest BCUT2D eigenvalue weighted by Gasteiger charge is -2.16. The van der Waals surface area contributed by atoms with Gasteiger partial charge in [0.25, 0.3) is 5.91 Å². The van der Waals surface area contributed by atoms with Crippen LogP contribution in [0.4, 0.5) is 18.9 Å². The van der Waals surface area contributed by atoms with Gasteiger partial charge >= 0.3 is 12.1 Å². The number of amides is 1. The van der Waals surface area contributed by atoms with Crippen LogP contribution in [-0.2, 0) is 15.7 Å². The number of alkyl halides is 3. The van der Waals surface area contributed by atoms with Crippen LogP contribution in [0.2, 0.25) is 5.02 Å². The molecule has 1 N–H and O–H groups in total. The second kappa shape index (κ2) is 8.13. The summed E-state index contributed by atoms with van der Waals surface area (Å²) in [4.78, 5) is 24.6. The molecule has 0 aliphatic heterocycles. The number of carbonyl (C=O) groups excluding carboxylic acids is 2. The summed E-state index contributed by atoms with van der Waals surface area (Å²) in [5.74, 6) is -1.53. The van der Waals surface area contributed by atoms with Crippen molar-refractivity contribution in [3.05, 3.63) is 76.8 Å². The van der Waals surface area contributed by atoms with Gasteiger partial charge in [-0.2, -0.15) is 13.2 Å². The highest BCUT2D eigenvalue weighted by molar-refractivity contribution is 6.33. The van der Waals surface area contributed by atoms with Gasteiger partial charge in [-0.1, -0.05) is 41.9 Å². The molecule has 0 aliphatic carbocycles. The van der Waals surface area contributed by atoms with Crippen molar-refractivity contribution in [2.24, 2.45) is 0 Å². The van der Waals surface area contributed by atoms with Gasteiger partial charge in [0.15, 0.2) is 6.10 Å². The standard InChI is InChI=1S/C21H15ClF3NO3/c1-12(19(27)26-18-11-16(21(23,24)25)8-9-17(18)22)29-20(28)15-7-6-13-4-2-3-5-14(13)10-15/h2-12H,1H3,(H,26,27). The lowest BCUT2D eigenvalue weighted by molar-refractivity contribution is -0.137. The summed E-state index contributed by atoms with van der Waals surface area (Å²) in [5, 5.41) is 3.96. The van der Waals surface area contributed by atoms with E-state index in [2.05, 4.69) is 5.32 Å². The Morgan fingerprint density at radius 3 is 2.38 bits per heavy atom. The van der Waals surface area contributed by atoms with Crippen LogP contribution in [0.1, 0.15) is 22.8 Å². The van der Waals surface area contributed by atoms with Crippen LogP contribution in [-0.4, -0.2) is 18.0 Å². The second-order valence-electron chi connectivity index (χ2n) is 6.29. The zero-order valence-corrected chi connectivity index (χ0v) is 15.8. The molecule has 0 radical (unpaired) electrons. The number of esters is 1. The molecule has 1 amide bonds. The van der Waals surface area contributed by atoms with Crippen molar-refractivity contribution in [3.8, 4) is 0 Å². The van der Waals surface area contributed by atoms with E-state index in [9.17, 15) is 22.8 Å². The van der Waals surface area contributed by atoms with E-state index in [1.807, 2.05) is 24.3 Å². The van der Waals surface area contributed by atoms with Gasteiger partial charge in [-0.05, 0) is 48.0 Å². The summed E-state index contributed by atoms with van der Waals surface area (Å²) < 4.78 is 43.7. The van der Waals surface area contributed by atoms with E-state index in [-0.39, 0.29) is 16.3 Å². The van der Waals surface area contributed by atoms with Crippen molar-refractivity contribution >= 4 is 39.9 Å². The molecule has 3 rings (SSSR count). The number of halogens is 4. The Bertz CT molecular complexity index is 1080. The van der Waals surface area contributed by atoms with Gasteiger partial charge in [-0.3, -0.25) is 4.79 Å². The first kappa shape index (κ1) is 20.7. The monoisotopic (exact) mass is 421 g/mol. The molecule has 29 heavy (non-hydrogen) atoms. The number of carbonyl (C=O) groups is 2. The Labute approximate surface area is 169 Å². The quantitative estimate of drug-likeness (QED) is 0.550. The molecule has 0 aromatic heterocycles. The fourth-order valence-electron chi connectivity index (χ4n) is 2.63. The third-order valence-electron chi connectivity index (χ3n) is 4.19. The third kappa shape index (κ3) is 4.86. The number of fused-ring (bicyclic) bond motifs is 1. The lowest BCUT2D eigenvalue weighted by atomic mass is 10.1. The zero-order chi connectivity index (χ0) is 21.2. The van der Waals surface area contributed by atoms with Crippen LogP contribution in [0.3, 0.4) is 0 Å². The van der Waals surface area contributed by atoms with Crippen LogP contribution in [0, 0.1) is 0 Å². The summed E-state index contributed by atoms with van der Waals surface area (Å²) in [7, 11) is 0. The molecule has 4 nitrogen and oxygen atoms in total. The average Bonchev–Trinajstić information content (AvgIpc) is 2.68. The molecule has 0 heterocycles. The Kier molecular flexibility index (Phi) is 5.79. The normalized spacial score (nSPS) is 12.4. The fraction of sp³-hybridized carbons (Fsp3) is 0.143. The van der Waals surface area contributed by atoms with Crippen LogP contribution < -0.4 is 5.32 Å². The van der Waals surface area contributed by atoms with Gasteiger partial charge in [0, 0.05) is 0 Å². The van der Waals surface area contributed by atoms with E-state index in [1.165, 1.54) is 6.92 Å². The molecule has 0 spiro atoms. The number of hydrogen-bond acceptors (Lipinski definition) is 3. The van der Waals surface area contributed by atoms with Gasteiger partial charge in [0.2, 0.25) is 0 Å². The van der Waals surface area contributed by atoms with Crippen molar-refractivity contribution < 1.29 is 27.5 Å². The maximum atomic E-state index is 12.8. The average molecular weight is 422 g/mol. The predicted octanol–water partition coefficient (Wildman–Crippen LogP) is 5.70. The van der Waals surface area contributed by atoms with Crippen molar-refractivity contribution in [2.75, 3.05) is 5.32 Å². The SMILES string of the molecule is CC(OC(=O)c1ccc2ccccc2c1)C(=O)Nc1cc(C(F)(F)F)ccc1Cl. The molecule has 0 fully saturated rings. The summed E-state index contributed by atoms with van der Waals surface area (Å²) in [6.07, 6.45) is -5.84. The molecule has 3 aromatic rings. The predicted molar refractivity (Wildman–Crippen MR) is 104 cm³/mol. The fourth-order valence-corrected chi connectivity index (χ4v) is 2.79. The van der Waals surface area contributed by atoms with Crippen LogP contribution in [0.5, 0.6) is 0 Å². The first-order valence-electron chi connectivity index (χ1n) is 8.52. The molecular formula is C21H15ClF3NO3. The highest BCUT2D eigenvalue weighted by Crippen LogP contribution is 2.33. The number of ether oxygens (including phenoxy) is 1. The Morgan fingerprint density at radius 1 is 1.00 bits per heavy atom. The Morgan fingerprint density at radius 2 is 1.69 bits per heavy atom. The van der Waals surface area contributed by atoms with Crippen LogP contribution in [0.15, 0.2) is 60.7 Å². The smallest absolute Gasteiger partial charge is 0.416 e. The van der Waals surface area contributed by atoms with Gasteiger partial charge < -0.3 is 10.1 Å². The minimum absolute atomic E-state index is 0.0700. The second-order valence-corrected chi connectivity index (χ2v) is 6.70. The first-order valence-corrected chi connectivity index (χ1v) is 8.90. The summed E-state index contributed by atoms with van der Waals surface area (Å²) in [5.41, 5.74) is -0.932. The molecule has 0 saturated carbocycles. The number of rotatable bonds is 4. The summed E-state index contributed by atoms with van der Waals surface area (Å²) in [6.45, 7) is 1.32. The first-order chi connectivity index (χ1) is 13.6. The maximum Gasteiger partial charge on any atom is 0.416 e. The molecule has 0 saturated heterocycles. The molecule has 150 valence electrons. The maximum absolute atomic E-state index is 12.8. The Hall–Kier alpha value is -3.06. The lowest BCUT2D eigenvalue weighted by Crippen LogP contribution is -2.30. The largest absolute Gasteiger partial charge is 0.449 e. The topological polar surface area (TPSA) is 55.4 Å². The summed E-state index contributed by atoms with van der Waals surface area (Å²) >= 11 is 5.86. The number of hydrogen-bond donors (Lipinski definition) is 1. The van der Waals surface area contributed by atoms with Gasteiger partial charge in [0.05, 0.1) is 21.8 Å². The molecule has 0 aliphatic rings. The van der Waals surface area contributed by atoms with Crippen molar-refractivity contribution in [3.63, 3.8) is 0 Å². The van der Waals surface area contributed by atoms with Gasteiger partial charge in [-0.25, -0.2) is 4.79 Å². The number of nitrogens with one attached hydrogen (secondary N) is 1. The number of benzene rings is 3. The minimum Gasteiger partial charge on any atom is -0.449 e. The zero-order valence-electron chi connectivity index (χ0n) is 15.1. The number of anilines is 1. The van der Waals surface area contributed by atoms with Crippen LogP contribution in [0.25, 0.3) is 10.8 Å². The molecule has 0 bridgehead atoms. The minimum atomic E-state index is -4.59. The van der Waals surface area contributed by atoms with E-state index in [4.69, 9.17) is 16.3 Å². The van der Waals surface area contributed by atoms with Crippen molar-refractivity contribution in [1.29, 1.82) is 0 Å². The highest BCUT2D eigenvalue weighted by Gasteiger charge is 2.31. The molecule has 3 aromatic carbocycles. The molecule has 8 heteroatoms. The van der Waals surface area contributed by atoms with E-state index in [0.717, 1.165) is 29.0 Å². The van der Waals surface area contributed by atoms with E-state index >= 15 is 0 Å². The molecule has 1 atom stereocenters.